The van der Waals surface area contributed by atoms with Gasteiger partial charge in [-0.2, -0.15) is 0 Å². The number of hydrogen-bond acceptors (Lipinski definition) is 2. The van der Waals surface area contributed by atoms with E-state index in [1.165, 1.54) is 38.1 Å². The summed E-state index contributed by atoms with van der Waals surface area (Å²) in [5.41, 5.74) is 0.894. The molecular weight excluding hydrogens is 281 g/mol. The number of nitrogens with zero attached hydrogens (tertiary/aromatic N) is 1. The summed E-state index contributed by atoms with van der Waals surface area (Å²) >= 11 is 0. The smallest absolute Gasteiger partial charge is 0.314 e. The Hall–Kier alpha value is -1.62. The molecular formula is C17H26FN3O. The second-order valence-corrected chi connectivity index (χ2v) is 5.82. The summed E-state index contributed by atoms with van der Waals surface area (Å²) in [6.07, 6.45) is 5.43. The van der Waals surface area contributed by atoms with Crippen molar-refractivity contribution >= 4 is 6.03 Å². The maximum atomic E-state index is 13.0. The zero-order valence-electron chi connectivity index (χ0n) is 13.1. The predicted molar refractivity (Wildman–Crippen MR) is 86.4 cm³/mol. The number of urea groups is 1. The number of likely N-dealkylation sites (tertiary alicyclic amines) is 1. The number of hydrogen-bond donors (Lipinski definition) is 2. The van der Waals surface area contributed by atoms with Crippen LogP contribution >= 0.6 is 0 Å². The third-order valence-electron chi connectivity index (χ3n) is 3.97. The van der Waals surface area contributed by atoms with Gasteiger partial charge in [-0.25, -0.2) is 9.18 Å². The van der Waals surface area contributed by atoms with Crippen LogP contribution in [0.2, 0.25) is 0 Å². The minimum absolute atomic E-state index is 0.141. The molecule has 0 aromatic heterocycles. The van der Waals surface area contributed by atoms with Gasteiger partial charge in [0.05, 0.1) is 0 Å². The highest BCUT2D eigenvalue weighted by Crippen LogP contribution is 2.07. The lowest BCUT2D eigenvalue weighted by molar-refractivity contribution is 0.240. The average molecular weight is 307 g/mol. The maximum absolute atomic E-state index is 13.0. The van der Waals surface area contributed by atoms with Gasteiger partial charge in [-0.05, 0) is 69.4 Å². The fourth-order valence-corrected chi connectivity index (χ4v) is 2.74. The Morgan fingerprint density at radius 3 is 2.68 bits per heavy atom. The molecule has 1 aliphatic rings. The molecule has 0 spiro atoms. The van der Waals surface area contributed by atoms with Crippen LogP contribution in [0.4, 0.5) is 9.18 Å². The standard InChI is InChI=1S/C17H26FN3O/c18-16-7-5-6-15(14-16)8-10-20-17(22)19-9-1-2-11-21-12-3-4-13-21/h5-7,14H,1-4,8-13H2,(H2,19,20,22). The van der Waals surface area contributed by atoms with E-state index >= 15 is 0 Å². The van der Waals surface area contributed by atoms with Crippen molar-refractivity contribution in [3.63, 3.8) is 0 Å². The molecule has 1 aromatic carbocycles. The van der Waals surface area contributed by atoms with Crippen LogP contribution in [0.3, 0.4) is 0 Å². The second-order valence-electron chi connectivity index (χ2n) is 5.82. The van der Waals surface area contributed by atoms with Crippen LogP contribution in [0.15, 0.2) is 24.3 Å². The molecule has 1 aliphatic heterocycles. The molecule has 4 nitrogen and oxygen atoms in total. The van der Waals surface area contributed by atoms with E-state index < -0.39 is 0 Å². The predicted octanol–water partition coefficient (Wildman–Crippen LogP) is 2.54. The number of unbranched alkanes of at least 4 members (excludes halogenated alkanes) is 1. The van der Waals surface area contributed by atoms with E-state index in [0.717, 1.165) is 24.9 Å². The van der Waals surface area contributed by atoms with Gasteiger partial charge in [0.1, 0.15) is 5.82 Å². The van der Waals surface area contributed by atoms with Crippen molar-refractivity contribution in [2.75, 3.05) is 32.7 Å². The lowest BCUT2D eigenvalue weighted by Crippen LogP contribution is -2.37. The summed E-state index contributed by atoms with van der Waals surface area (Å²) in [4.78, 5) is 14.1. The highest BCUT2D eigenvalue weighted by atomic mass is 19.1. The molecule has 1 fully saturated rings. The fraction of sp³-hybridized carbons (Fsp3) is 0.588. The molecule has 2 rings (SSSR count). The number of nitrogens with one attached hydrogen (secondary N) is 2. The van der Waals surface area contributed by atoms with E-state index in [-0.39, 0.29) is 11.8 Å². The molecule has 122 valence electrons. The number of halogens is 1. The molecule has 0 unspecified atom stereocenters. The van der Waals surface area contributed by atoms with E-state index in [2.05, 4.69) is 15.5 Å². The van der Waals surface area contributed by atoms with Gasteiger partial charge in [0.15, 0.2) is 0 Å². The first-order chi connectivity index (χ1) is 10.7. The second kappa shape index (κ2) is 9.41. The lowest BCUT2D eigenvalue weighted by atomic mass is 10.1. The Labute approximate surface area is 132 Å². The number of benzene rings is 1. The van der Waals surface area contributed by atoms with E-state index in [9.17, 15) is 9.18 Å². The Morgan fingerprint density at radius 1 is 1.14 bits per heavy atom. The topological polar surface area (TPSA) is 44.4 Å². The van der Waals surface area contributed by atoms with Crippen molar-refractivity contribution in [2.45, 2.75) is 32.1 Å². The summed E-state index contributed by atoms with van der Waals surface area (Å²) in [6, 6.07) is 6.33. The van der Waals surface area contributed by atoms with Gasteiger partial charge in [0, 0.05) is 13.1 Å². The van der Waals surface area contributed by atoms with E-state index in [4.69, 9.17) is 0 Å². The van der Waals surface area contributed by atoms with Gasteiger partial charge >= 0.3 is 6.03 Å². The van der Waals surface area contributed by atoms with Crippen molar-refractivity contribution < 1.29 is 9.18 Å². The molecule has 2 amide bonds. The van der Waals surface area contributed by atoms with Crippen LogP contribution in [0.25, 0.3) is 0 Å². The monoisotopic (exact) mass is 307 g/mol. The van der Waals surface area contributed by atoms with E-state index in [1.807, 2.05) is 6.07 Å². The average Bonchev–Trinajstić information content (AvgIpc) is 3.00. The largest absolute Gasteiger partial charge is 0.338 e. The van der Waals surface area contributed by atoms with Gasteiger partial charge in [-0.3, -0.25) is 0 Å². The van der Waals surface area contributed by atoms with Gasteiger partial charge in [-0.1, -0.05) is 12.1 Å². The van der Waals surface area contributed by atoms with Gasteiger partial charge in [0.25, 0.3) is 0 Å². The minimum Gasteiger partial charge on any atom is -0.338 e. The van der Waals surface area contributed by atoms with Gasteiger partial charge in [0.2, 0.25) is 0 Å². The highest BCUT2D eigenvalue weighted by Gasteiger charge is 2.10. The normalized spacial score (nSPS) is 15.0. The SMILES string of the molecule is O=C(NCCCCN1CCCC1)NCCc1cccc(F)c1. The fourth-order valence-electron chi connectivity index (χ4n) is 2.74. The van der Waals surface area contributed by atoms with Crippen LogP contribution in [0.5, 0.6) is 0 Å². The van der Waals surface area contributed by atoms with Gasteiger partial charge in [-0.15, -0.1) is 0 Å². The summed E-state index contributed by atoms with van der Waals surface area (Å²) in [5, 5.41) is 5.66. The summed E-state index contributed by atoms with van der Waals surface area (Å²) < 4.78 is 13.0. The summed E-state index contributed by atoms with van der Waals surface area (Å²) in [6.45, 7) is 4.83. The van der Waals surface area contributed by atoms with Crippen molar-refractivity contribution in [2.24, 2.45) is 0 Å². The molecule has 1 aromatic rings. The number of carbonyl (C=O) groups is 1. The van der Waals surface area contributed by atoms with Crippen LogP contribution < -0.4 is 10.6 Å². The molecule has 1 heterocycles. The molecule has 5 heteroatoms. The molecule has 0 saturated carbocycles. The first-order valence-electron chi connectivity index (χ1n) is 8.22. The number of carbonyl (C=O) groups excluding carboxylic acids is 1. The summed E-state index contributed by atoms with van der Waals surface area (Å²) in [5.74, 6) is -0.236. The Bertz CT molecular complexity index is 461. The number of amides is 2. The van der Waals surface area contributed by atoms with Crippen LogP contribution in [0.1, 0.15) is 31.2 Å². The third-order valence-corrected chi connectivity index (χ3v) is 3.97. The molecule has 2 N–H and O–H groups in total. The molecule has 0 bridgehead atoms. The zero-order valence-corrected chi connectivity index (χ0v) is 13.1. The highest BCUT2D eigenvalue weighted by molar-refractivity contribution is 5.73. The van der Waals surface area contributed by atoms with Gasteiger partial charge < -0.3 is 15.5 Å². The van der Waals surface area contributed by atoms with E-state index in [1.54, 1.807) is 6.07 Å². The number of rotatable bonds is 8. The van der Waals surface area contributed by atoms with Crippen molar-refractivity contribution in [3.8, 4) is 0 Å². The maximum Gasteiger partial charge on any atom is 0.314 e. The summed E-state index contributed by atoms with van der Waals surface area (Å²) in [7, 11) is 0. The molecule has 0 aliphatic carbocycles. The van der Waals surface area contributed by atoms with Crippen LogP contribution in [0, 0.1) is 5.82 Å². The molecule has 0 atom stereocenters. The Morgan fingerprint density at radius 2 is 1.91 bits per heavy atom. The first-order valence-corrected chi connectivity index (χ1v) is 8.22. The Kier molecular flexibility index (Phi) is 7.16. The van der Waals surface area contributed by atoms with Crippen molar-refractivity contribution in [3.05, 3.63) is 35.6 Å². The lowest BCUT2D eigenvalue weighted by Gasteiger charge is -2.14. The molecule has 1 saturated heterocycles. The zero-order chi connectivity index (χ0) is 15.6. The molecule has 22 heavy (non-hydrogen) atoms. The van der Waals surface area contributed by atoms with Crippen molar-refractivity contribution in [1.82, 2.24) is 15.5 Å². The first kappa shape index (κ1) is 16.7. The Balaban J connectivity index is 1.47. The van der Waals surface area contributed by atoms with Crippen LogP contribution in [-0.2, 0) is 6.42 Å². The van der Waals surface area contributed by atoms with Crippen LogP contribution in [-0.4, -0.2) is 43.7 Å². The van der Waals surface area contributed by atoms with E-state index in [0.29, 0.717) is 19.5 Å². The van der Waals surface area contributed by atoms with Crippen molar-refractivity contribution in [1.29, 1.82) is 0 Å². The minimum atomic E-state index is -0.236. The quantitative estimate of drug-likeness (QED) is 0.725. The molecule has 0 radical (unpaired) electrons. The third kappa shape index (κ3) is 6.43.